The fourth-order valence-electron chi connectivity index (χ4n) is 2.05. The number of aromatic nitrogens is 2. The first kappa shape index (κ1) is 10.8. The summed E-state index contributed by atoms with van der Waals surface area (Å²) in [6.07, 6.45) is 3.81. The average molecular weight is 242 g/mol. The number of hydrogen-bond donors (Lipinski definition) is 2. The van der Waals surface area contributed by atoms with Crippen molar-refractivity contribution in [3.8, 4) is 11.6 Å². The van der Waals surface area contributed by atoms with E-state index in [1.165, 1.54) is 11.3 Å². The zero-order valence-electron chi connectivity index (χ0n) is 9.89. The quantitative estimate of drug-likeness (QED) is 0.844. The van der Waals surface area contributed by atoms with Crippen molar-refractivity contribution in [1.29, 1.82) is 0 Å². The first-order valence-electron chi connectivity index (χ1n) is 5.94. The zero-order valence-corrected chi connectivity index (χ0v) is 9.89. The molecule has 5 heteroatoms. The molecule has 1 aliphatic rings. The van der Waals surface area contributed by atoms with Gasteiger partial charge in [-0.1, -0.05) is 0 Å². The summed E-state index contributed by atoms with van der Waals surface area (Å²) in [7, 11) is 0. The first-order chi connectivity index (χ1) is 8.81. The molecule has 2 aromatic rings. The van der Waals surface area contributed by atoms with E-state index in [9.17, 15) is 0 Å². The number of nitrogens with one attached hydrogen (secondary N) is 1. The van der Waals surface area contributed by atoms with E-state index >= 15 is 0 Å². The smallest absolute Gasteiger partial charge is 0.224 e. The molecule has 3 N–H and O–H groups in total. The van der Waals surface area contributed by atoms with Gasteiger partial charge in [0.15, 0.2) is 0 Å². The highest BCUT2D eigenvalue weighted by atomic mass is 16.5. The lowest BCUT2D eigenvalue weighted by molar-refractivity contribution is 0.462. The van der Waals surface area contributed by atoms with Gasteiger partial charge in [0.1, 0.15) is 5.75 Å². The second-order valence-electron chi connectivity index (χ2n) is 4.20. The van der Waals surface area contributed by atoms with Crippen molar-refractivity contribution in [1.82, 2.24) is 9.97 Å². The van der Waals surface area contributed by atoms with Crippen molar-refractivity contribution in [3.05, 3.63) is 36.0 Å². The van der Waals surface area contributed by atoms with Crippen LogP contribution in [0.15, 0.2) is 30.5 Å². The standard InChI is InChI=1S/C13H14N4O/c14-13-16-7-5-12(17-13)18-10-3-4-11-9(8-10)2-1-6-15-11/h3-5,7-8,15H,1-2,6H2,(H2,14,16,17). The van der Waals surface area contributed by atoms with Gasteiger partial charge in [-0.05, 0) is 36.6 Å². The van der Waals surface area contributed by atoms with Gasteiger partial charge in [0.25, 0.3) is 0 Å². The van der Waals surface area contributed by atoms with Crippen molar-refractivity contribution in [2.75, 3.05) is 17.6 Å². The Balaban J connectivity index is 1.85. The van der Waals surface area contributed by atoms with Gasteiger partial charge in [-0.2, -0.15) is 4.98 Å². The molecule has 1 aromatic heterocycles. The van der Waals surface area contributed by atoms with Crippen molar-refractivity contribution in [2.45, 2.75) is 12.8 Å². The fourth-order valence-corrected chi connectivity index (χ4v) is 2.05. The van der Waals surface area contributed by atoms with Gasteiger partial charge >= 0.3 is 0 Å². The van der Waals surface area contributed by atoms with Crippen LogP contribution in [0.1, 0.15) is 12.0 Å². The summed E-state index contributed by atoms with van der Waals surface area (Å²) in [4.78, 5) is 7.84. The molecule has 1 aromatic carbocycles. The second-order valence-corrected chi connectivity index (χ2v) is 4.20. The van der Waals surface area contributed by atoms with Crippen LogP contribution in [0.2, 0.25) is 0 Å². The Kier molecular flexibility index (Phi) is 2.72. The third-order valence-corrected chi connectivity index (χ3v) is 2.89. The molecule has 0 saturated carbocycles. The molecule has 18 heavy (non-hydrogen) atoms. The molecule has 3 rings (SSSR count). The molecular weight excluding hydrogens is 228 g/mol. The van der Waals surface area contributed by atoms with Gasteiger partial charge in [-0.25, -0.2) is 4.98 Å². The Hall–Kier alpha value is -2.30. The topological polar surface area (TPSA) is 73.1 Å². The number of hydrogen-bond acceptors (Lipinski definition) is 5. The number of aryl methyl sites for hydroxylation is 1. The molecule has 92 valence electrons. The Morgan fingerprint density at radius 1 is 1.28 bits per heavy atom. The normalized spacial score (nSPS) is 13.6. The first-order valence-corrected chi connectivity index (χ1v) is 5.94. The van der Waals surface area contributed by atoms with E-state index < -0.39 is 0 Å². The number of rotatable bonds is 2. The molecule has 1 aliphatic heterocycles. The SMILES string of the molecule is Nc1nccc(Oc2ccc3c(c2)CCCN3)n1. The number of nitrogens with two attached hydrogens (primary N) is 1. The third-order valence-electron chi connectivity index (χ3n) is 2.89. The molecule has 0 amide bonds. The third kappa shape index (κ3) is 2.20. The maximum atomic E-state index is 5.67. The molecule has 0 spiro atoms. The molecule has 0 bridgehead atoms. The van der Waals surface area contributed by atoms with Crippen LogP contribution in [-0.2, 0) is 6.42 Å². The number of ether oxygens (including phenoxy) is 1. The second kappa shape index (κ2) is 4.52. The van der Waals surface area contributed by atoms with Crippen LogP contribution < -0.4 is 15.8 Å². The van der Waals surface area contributed by atoms with E-state index in [0.29, 0.717) is 5.88 Å². The minimum atomic E-state index is 0.215. The summed E-state index contributed by atoms with van der Waals surface area (Å²) in [5.74, 6) is 1.45. The molecule has 5 nitrogen and oxygen atoms in total. The highest BCUT2D eigenvalue weighted by Gasteiger charge is 2.09. The van der Waals surface area contributed by atoms with Gasteiger partial charge in [0, 0.05) is 24.5 Å². The van der Waals surface area contributed by atoms with E-state index in [0.717, 1.165) is 25.1 Å². The average Bonchev–Trinajstić information content (AvgIpc) is 2.39. The van der Waals surface area contributed by atoms with E-state index in [-0.39, 0.29) is 5.95 Å². The molecule has 0 saturated heterocycles. The molecule has 2 heterocycles. The summed E-state index contributed by atoms with van der Waals surface area (Å²) in [5, 5.41) is 3.36. The highest BCUT2D eigenvalue weighted by Crippen LogP contribution is 2.28. The van der Waals surface area contributed by atoms with Crippen LogP contribution in [0.4, 0.5) is 11.6 Å². The number of fused-ring (bicyclic) bond motifs is 1. The van der Waals surface area contributed by atoms with E-state index in [2.05, 4.69) is 15.3 Å². The van der Waals surface area contributed by atoms with Gasteiger partial charge in [-0.15, -0.1) is 0 Å². The summed E-state index contributed by atoms with van der Waals surface area (Å²) in [5.41, 5.74) is 7.98. The molecule has 0 radical (unpaired) electrons. The van der Waals surface area contributed by atoms with Crippen LogP contribution in [0.3, 0.4) is 0 Å². The van der Waals surface area contributed by atoms with Crippen molar-refractivity contribution in [3.63, 3.8) is 0 Å². The minimum Gasteiger partial charge on any atom is -0.439 e. The minimum absolute atomic E-state index is 0.215. The van der Waals surface area contributed by atoms with Gasteiger partial charge in [0.05, 0.1) is 0 Å². The highest BCUT2D eigenvalue weighted by molar-refractivity contribution is 5.56. The summed E-state index contributed by atoms with van der Waals surface area (Å²) < 4.78 is 5.67. The molecule has 0 unspecified atom stereocenters. The van der Waals surface area contributed by atoms with Gasteiger partial charge in [0.2, 0.25) is 11.8 Å². The Morgan fingerprint density at radius 3 is 3.11 bits per heavy atom. The van der Waals surface area contributed by atoms with Gasteiger partial charge < -0.3 is 15.8 Å². The zero-order chi connectivity index (χ0) is 12.4. The summed E-state index contributed by atoms with van der Waals surface area (Å²) in [6.45, 7) is 1.04. The van der Waals surface area contributed by atoms with Crippen LogP contribution in [0.25, 0.3) is 0 Å². The maximum absolute atomic E-state index is 5.67. The predicted octanol–water partition coefficient (Wildman–Crippen LogP) is 2.21. The molecular formula is C13H14N4O. The fraction of sp³-hybridized carbons (Fsp3) is 0.231. The number of benzene rings is 1. The van der Waals surface area contributed by atoms with Crippen molar-refractivity contribution in [2.24, 2.45) is 0 Å². The maximum Gasteiger partial charge on any atom is 0.224 e. The molecule has 0 atom stereocenters. The number of nitrogens with zero attached hydrogens (tertiary/aromatic N) is 2. The van der Waals surface area contributed by atoms with Crippen molar-refractivity contribution >= 4 is 11.6 Å². The van der Waals surface area contributed by atoms with Crippen LogP contribution in [0.5, 0.6) is 11.6 Å². The van der Waals surface area contributed by atoms with Crippen molar-refractivity contribution < 1.29 is 4.74 Å². The Morgan fingerprint density at radius 2 is 2.22 bits per heavy atom. The Labute approximate surface area is 105 Å². The van der Waals surface area contributed by atoms with Crippen LogP contribution >= 0.6 is 0 Å². The lowest BCUT2D eigenvalue weighted by Crippen LogP contribution is -2.11. The predicted molar refractivity (Wildman–Crippen MR) is 69.8 cm³/mol. The molecule has 0 aliphatic carbocycles. The monoisotopic (exact) mass is 242 g/mol. The van der Waals surface area contributed by atoms with Crippen LogP contribution in [0, 0.1) is 0 Å². The Bertz CT molecular complexity index is 571. The largest absolute Gasteiger partial charge is 0.439 e. The van der Waals surface area contributed by atoms with E-state index in [1.807, 2.05) is 18.2 Å². The van der Waals surface area contributed by atoms with E-state index in [4.69, 9.17) is 10.5 Å². The van der Waals surface area contributed by atoms with Gasteiger partial charge in [-0.3, -0.25) is 0 Å². The summed E-state index contributed by atoms with van der Waals surface area (Å²) >= 11 is 0. The van der Waals surface area contributed by atoms with E-state index in [1.54, 1.807) is 12.3 Å². The lowest BCUT2D eigenvalue weighted by Gasteiger charge is -2.18. The van der Waals surface area contributed by atoms with Crippen LogP contribution in [-0.4, -0.2) is 16.5 Å². The molecule has 0 fully saturated rings. The number of anilines is 2. The number of nitrogen functional groups attached to an aromatic ring is 1. The lowest BCUT2D eigenvalue weighted by atomic mass is 10.0. The summed E-state index contributed by atoms with van der Waals surface area (Å²) in [6, 6.07) is 7.69.